The van der Waals surface area contributed by atoms with Gasteiger partial charge in [-0.05, 0) is 68.2 Å². The molecule has 4 nitrogen and oxygen atoms in total. The molecule has 2 fully saturated rings. The summed E-state index contributed by atoms with van der Waals surface area (Å²) in [6, 6.07) is 6.88. The van der Waals surface area contributed by atoms with Crippen LogP contribution in [0.4, 0.5) is 5.69 Å². The molecule has 2 aliphatic carbocycles. The highest BCUT2D eigenvalue weighted by molar-refractivity contribution is 5.93. The fraction of sp³-hybridized carbons (Fsp3) is 0.556. The van der Waals surface area contributed by atoms with Crippen molar-refractivity contribution in [1.82, 2.24) is 0 Å². The van der Waals surface area contributed by atoms with Gasteiger partial charge in [0.15, 0.2) is 0 Å². The van der Waals surface area contributed by atoms with E-state index in [4.69, 9.17) is 4.74 Å². The van der Waals surface area contributed by atoms with E-state index in [0.717, 1.165) is 17.5 Å². The van der Waals surface area contributed by atoms with Gasteiger partial charge in [-0.3, -0.25) is 4.79 Å². The second kappa shape index (κ2) is 6.51. The molecule has 1 amide bonds. The molecule has 0 spiro atoms. The van der Waals surface area contributed by atoms with Crippen LogP contribution in [0.3, 0.4) is 0 Å². The van der Waals surface area contributed by atoms with Crippen LogP contribution in [0.2, 0.25) is 0 Å². The summed E-state index contributed by atoms with van der Waals surface area (Å²) in [5.74, 6) is 1.95. The third-order valence-corrected chi connectivity index (χ3v) is 5.01. The first-order valence-corrected chi connectivity index (χ1v) is 8.22. The van der Waals surface area contributed by atoms with Gasteiger partial charge in [0.25, 0.3) is 0 Å². The lowest BCUT2D eigenvalue weighted by Gasteiger charge is -2.20. The Hall–Kier alpha value is -1.84. The van der Waals surface area contributed by atoms with Crippen LogP contribution in [0.5, 0.6) is 0 Å². The molecule has 4 heteroatoms. The van der Waals surface area contributed by atoms with Crippen molar-refractivity contribution >= 4 is 17.6 Å². The molecule has 0 heterocycles. The lowest BCUT2D eigenvalue weighted by molar-refractivity contribution is -0.117. The number of benzene rings is 1. The Morgan fingerprint density at radius 2 is 1.95 bits per heavy atom. The summed E-state index contributed by atoms with van der Waals surface area (Å²) in [6.45, 7) is 2.14. The van der Waals surface area contributed by atoms with Crippen LogP contribution in [0.1, 0.15) is 49.4 Å². The van der Waals surface area contributed by atoms with E-state index in [0.29, 0.717) is 24.5 Å². The molecular weight excluding hydrogens is 278 g/mol. The van der Waals surface area contributed by atoms with E-state index in [2.05, 4.69) is 5.32 Å². The second-order valence-electron chi connectivity index (χ2n) is 6.49. The maximum atomic E-state index is 12.2. The number of hydrogen-bond donors (Lipinski definition) is 1. The van der Waals surface area contributed by atoms with Crippen molar-refractivity contribution in [2.24, 2.45) is 17.8 Å². The van der Waals surface area contributed by atoms with Gasteiger partial charge in [-0.2, -0.15) is 0 Å². The highest BCUT2D eigenvalue weighted by atomic mass is 16.5. The fourth-order valence-electron chi connectivity index (χ4n) is 3.98. The van der Waals surface area contributed by atoms with Gasteiger partial charge in [0.2, 0.25) is 5.91 Å². The Kier molecular flexibility index (Phi) is 4.46. The lowest BCUT2D eigenvalue weighted by Crippen LogP contribution is -2.20. The SMILES string of the molecule is CCOC(=O)c1ccc(NC(=O)C[C@@H]2C[C@H]3CC[C@@H]2C3)cc1. The van der Waals surface area contributed by atoms with E-state index < -0.39 is 0 Å². The van der Waals surface area contributed by atoms with Crippen LogP contribution in [0.15, 0.2) is 24.3 Å². The van der Waals surface area contributed by atoms with Gasteiger partial charge in [-0.1, -0.05) is 6.42 Å². The molecule has 118 valence electrons. The number of anilines is 1. The molecule has 1 N–H and O–H groups in total. The zero-order chi connectivity index (χ0) is 15.5. The minimum absolute atomic E-state index is 0.0847. The average molecular weight is 301 g/mol. The van der Waals surface area contributed by atoms with E-state index in [1.165, 1.54) is 25.7 Å². The predicted molar refractivity (Wildman–Crippen MR) is 84.6 cm³/mol. The summed E-state index contributed by atoms with van der Waals surface area (Å²) in [6.07, 6.45) is 5.84. The quantitative estimate of drug-likeness (QED) is 0.845. The third-order valence-electron chi connectivity index (χ3n) is 5.01. The maximum absolute atomic E-state index is 12.2. The van der Waals surface area contributed by atoms with Gasteiger partial charge < -0.3 is 10.1 Å². The minimum Gasteiger partial charge on any atom is -0.462 e. The number of nitrogens with one attached hydrogen (secondary N) is 1. The van der Waals surface area contributed by atoms with Crippen molar-refractivity contribution in [3.05, 3.63) is 29.8 Å². The van der Waals surface area contributed by atoms with Crippen molar-refractivity contribution in [2.45, 2.75) is 39.0 Å². The Balaban J connectivity index is 1.52. The summed E-state index contributed by atoms with van der Waals surface area (Å²) in [4.78, 5) is 23.7. The number of hydrogen-bond acceptors (Lipinski definition) is 3. The van der Waals surface area contributed by atoms with Crippen molar-refractivity contribution in [2.75, 3.05) is 11.9 Å². The predicted octanol–water partition coefficient (Wildman–Crippen LogP) is 3.63. The largest absolute Gasteiger partial charge is 0.462 e. The molecule has 1 aromatic carbocycles. The van der Waals surface area contributed by atoms with E-state index >= 15 is 0 Å². The number of carbonyl (C=O) groups excluding carboxylic acids is 2. The lowest BCUT2D eigenvalue weighted by atomic mass is 9.86. The molecule has 3 rings (SSSR count). The molecule has 3 atom stereocenters. The number of carbonyl (C=O) groups is 2. The highest BCUT2D eigenvalue weighted by Gasteiger charge is 2.40. The molecule has 22 heavy (non-hydrogen) atoms. The van der Waals surface area contributed by atoms with Crippen molar-refractivity contribution in [3.8, 4) is 0 Å². The molecule has 1 aromatic rings. The number of rotatable bonds is 5. The van der Waals surface area contributed by atoms with Crippen molar-refractivity contribution in [1.29, 1.82) is 0 Å². The van der Waals surface area contributed by atoms with Crippen LogP contribution < -0.4 is 5.32 Å². The second-order valence-corrected chi connectivity index (χ2v) is 6.49. The average Bonchev–Trinajstić information content (AvgIpc) is 3.10. The highest BCUT2D eigenvalue weighted by Crippen LogP contribution is 2.49. The number of ether oxygens (including phenoxy) is 1. The van der Waals surface area contributed by atoms with E-state index in [9.17, 15) is 9.59 Å². The molecule has 0 aromatic heterocycles. The zero-order valence-electron chi connectivity index (χ0n) is 13.0. The van der Waals surface area contributed by atoms with Gasteiger partial charge in [0.05, 0.1) is 12.2 Å². The summed E-state index contributed by atoms with van der Waals surface area (Å²) >= 11 is 0. The van der Waals surface area contributed by atoms with Gasteiger partial charge in [-0.25, -0.2) is 4.79 Å². The van der Waals surface area contributed by atoms with E-state index in [1.807, 2.05) is 0 Å². The number of esters is 1. The standard InChI is InChI=1S/C18H23NO3/c1-2-22-18(21)13-5-7-16(8-6-13)19-17(20)11-15-10-12-3-4-14(15)9-12/h5-8,12,14-15H,2-4,9-11H2,1H3,(H,19,20)/t12-,14+,15-/m0/s1. The van der Waals surface area contributed by atoms with Crippen LogP contribution >= 0.6 is 0 Å². The van der Waals surface area contributed by atoms with Gasteiger partial charge in [0, 0.05) is 12.1 Å². The van der Waals surface area contributed by atoms with E-state index in [-0.39, 0.29) is 11.9 Å². The molecule has 2 bridgehead atoms. The topological polar surface area (TPSA) is 55.4 Å². The minimum atomic E-state index is -0.331. The summed E-state index contributed by atoms with van der Waals surface area (Å²) in [7, 11) is 0. The smallest absolute Gasteiger partial charge is 0.338 e. The normalized spacial score (nSPS) is 26.0. The van der Waals surface area contributed by atoms with Crippen molar-refractivity contribution < 1.29 is 14.3 Å². The van der Waals surface area contributed by atoms with Crippen LogP contribution in [0.25, 0.3) is 0 Å². The summed E-state index contributed by atoms with van der Waals surface area (Å²) < 4.78 is 4.94. The maximum Gasteiger partial charge on any atom is 0.338 e. The molecule has 2 saturated carbocycles. The monoisotopic (exact) mass is 301 g/mol. The first-order chi connectivity index (χ1) is 10.7. The zero-order valence-corrected chi connectivity index (χ0v) is 13.0. The Morgan fingerprint density at radius 3 is 2.55 bits per heavy atom. The van der Waals surface area contributed by atoms with Crippen molar-refractivity contribution in [3.63, 3.8) is 0 Å². The summed E-state index contributed by atoms with van der Waals surface area (Å²) in [5.41, 5.74) is 1.24. The number of amides is 1. The molecule has 0 aliphatic heterocycles. The molecule has 0 saturated heterocycles. The Morgan fingerprint density at radius 1 is 1.18 bits per heavy atom. The Labute approximate surface area is 131 Å². The first-order valence-electron chi connectivity index (χ1n) is 8.22. The molecule has 0 unspecified atom stereocenters. The van der Waals surface area contributed by atoms with Crippen LogP contribution in [-0.2, 0) is 9.53 Å². The molecular formula is C18H23NO3. The summed E-state index contributed by atoms with van der Waals surface area (Å²) in [5, 5.41) is 2.94. The van der Waals surface area contributed by atoms with Gasteiger partial charge in [-0.15, -0.1) is 0 Å². The number of fused-ring (bicyclic) bond motifs is 2. The Bertz CT molecular complexity index is 552. The van der Waals surface area contributed by atoms with Crippen LogP contribution in [-0.4, -0.2) is 18.5 Å². The third kappa shape index (κ3) is 3.32. The molecule has 0 radical (unpaired) electrons. The van der Waals surface area contributed by atoms with Gasteiger partial charge >= 0.3 is 5.97 Å². The fourth-order valence-corrected chi connectivity index (χ4v) is 3.98. The molecule has 2 aliphatic rings. The van der Waals surface area contributed by atoms with Crippen LogP contribution in [0, 0.1) is 17.8 Å². The first kappa shape index (κ1) is 15.1. The van der Waals surface area contributed by atoms with Gasteiger partial charge in [0.1, 0.15) is 0 Å². The van der Waals surface area contributed by atoms with E-state index in [1.54, 1.807) is 31.2 Å².